The summed E-state index contributed by atoms with van der Waals surface area (Å²) in [6.07, 6.45) is 4.36. The standard InChI is InChI=1S/C21H22N2O4S/c1-13-6-2-4-8-15(13)26-11-10-18(24)27-12-17-22-20(25)19-14-7-3-5-9-16(14)28-21(19)23-17/h2,4,6,8H,3,5,7,9-12H2,1H3,(H,22,23,25). The minimum atomic E-state index is -0.387. The number of fused-ring (bicyclic) bond motifs is 3. The molecule has 0 amide bonds. The third-order valence-corrected chi connectivity index (χ3v) is 6.09. The number of thiophene rings is 1. The quantitative estimate of drug-likeness (QED) is 0.641. The van der Waals surface area contributed by atoms with Gasteiger partial charge in [0.25, 0.3) is 5.56 Å². The van der Waals surface area contributed by atoms with Crippen LogP contribution in [0.5, 0.6) is 5.75 Å². The Hall–Kier alpha value is -2.67. The predicted molar refractivity (Wildman–Crippen MR) is 108 cm³/mol. The van der Waals surface area contributed by atoms with Crippen LogP contribution in [0.15, 0.2) is 29.1 Å². The van der Waals surface area contributed by atoms with Crippen molar-refractivity contribution in [1.82, 2.24) is 9.97 Å². The van der Waals surface area contributed by atoms with Gasteiger partial charge in [-0.25, -0.2) is 4.98 Å². The smallest absolute Gasteiger partial charge is 0.309 e. The molecule has 0 bridgehead atoms. The van der Waals surface area contributed by atoms with Gasteiger partial charge in [0.2, 0.25) is 0 Å². The summed E-state index contributed by atoms with van der Waals surface area (Å²) in [6.45, 7) is 2.15. The molecule has 2 heterocycles. The van der Waals surface area contributed by atoms with Crippen molar-refractivity contribution in [2.75, 3.05) is 6.61 Å². The fourth-order valence-corrected chi connectivity index (χ4v) is 4.74. The molecule has 0 aliphatic heterocycles. The van der Waals surface area contributed by atoms with Gasteiger partial charge in [-0.2, -0.15) is 0 Å². The van der Waals surface area contributed by atoms with Crippen LogP contribution in [0.2, 0.25) is 0 Å². The number of esters is 1. The zero-order valence-corrected chi connectivity index (χ0v) is 16.6. The Balaban J connectivity index is 1.35. The van der Waals surface area contributed by atoms with E-state index >= 15 is 0 Å². The summed E-state index contributed by atoms with van der Waals surface area (Å²) >= 11 is 1.58. The van der Waals surface area contributed by atoms with Crippen LogP contribution < -0.4 is 10.3 Å². The lowest BCUT2D eigenvalue weighted by molar-refractivity contribution is -0.145. The van der Waals surface area contributed by atoms with Gasteiger partial charge in [-0.1, -0.05) is 18.2 Å². The fraction of sp³-hybridized carbons (Fsp3) is 0.381. The number of para-hydroxylation sites is 1. The summed E-state index contributed by atoms with van der Waals surface area (Å²) in [5.74, 6) is 0.750. The maximum Gasteiger partial charge on any atom is 0.309 e. The minimum Gasteiger partial charge on any atom is -0.493 e. The van der Waals surface area contributed by atoms with E-state index in [0.717, 1.165) is 47.4 Å². The van der Waals surface area contributed by atoms with Crippen molar-refractivity contribution < 1.29 is 14.3 Å². The molecule has 0 spiro atoms. The van der Waals surface area contributed by atoms with Crippen LogP contribution in [0.3, 0.4) is 0 Å². The van der Waals surface area contributed by atoms with E-state index in [0.29, 0.717) is 11.2 Å². The molecule has 7 heteroatoms. The first-order valence-corrected chi connectivity index (χ1v) is 10.3. The number of carbonyl (C=O) groups is 1. The molecule has 0 fully saturated rings. The molecule has 0 saturated heterocycles. The Morgan fingerprint density at radius 2 is 2.07 bits per heavy atom. The number of hydrogen-bond donors (Lipinski definition) is 1. The number of benzene rings is 1. The Kier molecular flexibility index (Phi) is 5.43. The van der Waals surface area contributed by atoms with Gasteiger partial charge < -0.3 is 14.5 Å². The van der Waals surface area contributed by atoms with Gasteiger partial charge in [0.05, 0.1) is 18.4 Å². The van der Waals surface area contributed by atoms with E-state index in [1.165, 1.54) is 4.88 Å². The SMILES string of the molecule is Cc1ccccc1OCCC(=O)OCc1nc2sc3c(c2c(=O)[nH]1)CCCC3. The lowest BCUT2D eigenvalue weighted by Crippen LogP contribution is -2.16. The zero-order chi connectivity index (χ0) is 19.5. The lowest BCUT2D eigenvalue weighted by Gasteiger charge is -2.09. The molecule has 28 heavy (non-hydrogen) atoms. The number of rotatable bonds is 6. The summed E-state index contributed by atoms with van der Waals surface area (Å²) in [5.41, 5.74) is 2.03. The number of aromatic nitrogens is 2. The van der Waals surface area contributed by atoms with Crippen LogP contribution in [-0.2, 0) is 29.0 Å². The number of aromatic amines is 1. The minimum absolute atomic E-state index is 0.0447. The molecular weight excluding hydrogens is 376 g/mol. The molecule has 0 atom stereocenters. The molecule has 6 nitrogen and oxygen atoms in total. The maximum absolute atomic E-state index is 12.5. The largest absolute Gasteiger partial charge is 0.493 e. The zero-order valence-electron chi connectivity index (χ0n) is 15.7. The Bertz CT molecular complexity index is 1070. The second-order valence-corrected chi connectivity index (χ2v) is 8.01. The molecule has 1 aliphatic rings. The average molecular weight is 398 g/mol. The van der Waals surface area contributed by atoms with Crippen molar-refractivity contribution in [3.8, 4) is 5.75 Å². The van der Waals surface area contributed by atoms with E-state index < -0.39 is 0 Å². The second kappa shape index (κ2) is 8.14. The lowest BCUT2D eigenvalue weighted by atomic mass is 9.97. The van der Waals surface area contributed by atoms with Gasteiger partial charge in [-0.3, -0.25) is 9.59 Å². The van der Waals surface area contributed by atoms with Crippen LogP contribution >= 0.6 is 11.3 Å². The van der Waals surface area contributed by atoms with Crippen molar-refractivity contribution in [1.29, 1.82) is 0 Å². The monoisotopic (exact) mass is 398 g/mol. The highest BCUT2D eigenvalue weighted by Crippen LogP contribution is 2.33. The number of H-pyrrole nitrogens is 1. The summed E-state index contributed by atoms with van der Waals surface area (Å²) in [4.78, 5) is 33.7. The number of nitrogens with one attached hydrogen (secondary N) is 1. The van der Waals surface area contributed by atoms with Gasteiger partial charge in [0, 0.05) is 4.88 Å². The summed E-state index contributed by atoms with van der Waals surface area (Å²) in [7, 11) is 0. The van der Waals surface area contributed by atoms with Crippen molar-refractivity contribution in [3.05, 3.63) is 56.4 Å². The number of hydrogen-bond acceptors (Lipinski definition) is 6. The van der Waals surface area contributed by atoms with Gasteiger partial charge in [-0.15, -0.1) is 11.3 Å². The van der Waals surface area contributed by atoms with Crippen LogP contribution in [0.1, 0.15) is 41.1 Å². The third kappa shape index (κ3) is 3.94. The molecule has 0 saturated carbocycles. The number of aryl methyl sites for hydroxylation is 3. The van der Waals surface area contributed by atoms with Gasteiger partial charge in [-0.05, 0) is 49.8 Å². The fourth-order valence-electron chi connectivity index (χ4n) is 3.46. The number of nitrogens with zero attached hydrogens (tertiary/aromatic N) is 1. The van der Waals surface area contributed by atoms with Crippen molar-refractivity contribution in [3.63, 3.8) is 0 Å². The van der Waals surface area contributed by atoms with E-state index in [1.54, 1.807) is 11.3 Å². The number of ether oxygens (including phenoxy) is 2. The van der Waals surface area contributed by atoms with Crippen molar-refractivity contribution >= 4 is 27.5 Å². The van der Waals surface area contributed by atoms with E-state index in [4.69, 9.17) is 9.47 Å². The summed E-state index contributed by atoms with van der Waals surface area (Å²) in [5, 5.41) is 0.710. The first kappa shape index (κ1) is 18.7. The molecule has 4 rings (SSSR count). The molecule has 1 aromatic carbocycles. The maximum atomic E-state index is 12.5. The topological polar surface area (TPSA) is 81.3 Å². The Morgan fingerprint density at radius 1 is 1.25 bits per heavy atom. The molecule has 0 radical (unpaired) electrons. The highest BCUT2D eigenvalue weighted by Gasteiger charge is 2.20. The average Bonchev–Trinajstić information content (AvgIpc) is 3.07. The first-order chi connectivity index (χ1) is 13.6. The normalized spacial score (nSPS) is 13.3. The summed E-state index contributed by atoms with van der Waals surface area (Å²) < 4.78 is 10.9. The summed E-state index contributed by atoms with van der Waals surface area (Å²) in [6, 6.07) is 7.64. The van der Waals surface area contributed by atoms with E-state index in [2.05, 4.69) is 9.97 Å². The van der Waals surface area contributed by atoms with Gasteiger partial charge in [0.15, 0.2) is 0 Å². The van der Waals surface area contributed by atoms with E-state index in [9.17, 15) is 9.59 Å². The van der Waals surface area contributed by atoms with Crippen LogP contribution in [0.25, 0.3) is 10.2 Å². The molecule has 0 unspecified atom stereocenters. The van der Waals surface area contributed by atoms with E-state index in [1.807, 2.05) is 31.2 Å². The number of carbonyl (C=O) groups excluding carboxylic acids is 1. The molecular formula is C21H22N2O4S. The molecule has 1 N–H and O–H groups in total. The van der Waals surface area contributed by atoms with Gasteiger partial charge >= 0.3 is 5.97 Å². The Labute approximate surface area is 166 Å². The van der Waals surface area contributed by atoms with Crippen molar-refractivity contribution in [2.45, 2.75) is 45.6 Å². The molecule has 146 valence electrons. The van der Waals surface area contributed by atoms with Gasteiger partial charge in [0.1, 0.15) is 23.0 Å². The van der Waals surface area contributed by atoms with Crippen LogP contribution in [-0.4, -0.2) is 22.5 Å². The molecule has 1 aliphatic carbocycles. The first-order valence-electron chi connectivity index (χ1n) is 9.49. The van der Waals surface area contributed by atoms with E-state index in [-0.39, 0.29) is 31.2 Å². The third-order valence-electron chi connectivity index (χ3n) is 4.90. The Morgan fingerprint density at radius 3 is 2.93 bits per heavy atom. The molecule has 3 aromatic rings. The van der Waals surface area contributed by atoms with Crippen LogP contribution in [0.4, 0.5) is 0 Å². The highest BCUT2D eigenvalue weighted by molar-refractivity contribution is 7.18. The van der Waals surface area contributed by atoms with Crippen molar-refractivity contribution in [2.24, 2.45) is 0 Å². The molecule has 2 aromatic heterocycles. The second-order valence-electron chi connectivity index (χ2n) is 6.93. The van der Waals surface area contributed by atoms with Crippen LogP contribution in [0, 0.1) is 6.92 Å². The highest BCUT2D eigenvalue weighted by atomic mass is 32.1. The predicted octanol–water partition coefficient (Wildman–Crippen LogP) is 3.68.